The van der Waals surface area contributed by atoms with Crippen LogP contribution in [0.15, 0.2) is 4.42 Å². The number of rotatable bonds is 7. The molecule has 112 valence electrons. The van der Waals surface area contributed by atoms with Crippen LogP contribution < -0.4 is 16.0 Å². The molecule has 2 rings (SSSR count). The molecule has 1 saturated heterocycles. The number of nitrogens with one attached hydrogen (secondary N) is 1. The number of anilines is 1. The predicted molar refractivity (Wildman–Crippen MR) is 72.0 cm³/mol. The molecule has 1 fully saturated rings. The third kappa shape index (κ3) is 3.91. The maximum absolute atomic E-state index is 11.2. The maximum Gasteiger partial charge on any atom is 0.318 e. The van der Waals surface area contributed by atoms with Gasteiger partial charge in [-0.15, -0.1) is 5.10 Å². The third-order valence-electron chi connectivity index (χ3n) is 3.31. The van der Waals surface area contributed by atoms with Crippen LogP contribution in [-0.4, -0.2) is 49.5 Å². The third-order valence-corrected chi connectivity index (χ3v) is 3.31. The van der Waals surface area contributed by atoms with Crippen LogP contribution in [0.3, 0.4) is 0 Å². The van der Waals surface area contributed by atoms with Crippen LogP contribution in [0, 0.1) is 5.92 Å². The van der Waals surface area contributed by atoms with Gasteiger partial charge in [-0.05, 0) is 12.8 Å². The average molecular weight is 283 g/mol. The van der Waals surface area contributed by atoms with Crippen molar-refractivity contribution in [2.45, 2.75) is 19.4 Å². The monoisotopic (exact) mass is 283 g/mol. The Hall–Kier alpha value is -1.67. The van der Waals surface area contributed by atoms with Crippen LogP contribution in [0.4, 0.5) is 6.01 Å². The summed E-state index contributed by atoms with van der Waals surface area (Å²) < 4.78 is 10.5. The van der Waals surface area contributed by atoms with Crippen molar-refractivity contribution in [1.29, 1.82) is 0 Å². The number of carbonyl (C=O) groups is 1. The molecule has 0 bridgehead atoms. The number of hydrogen-bond acceptors (Lipinski definition) is 7. The largest absolute Gasteiger partial charge is 0.407 e. The summed E-state index contributed by atoms with van der Waals surface area (Å²) >= 11 is 0. The molecule has 1 unspecified atom stereocenters. The van der Waals surface area contributed by atoms with Gasteiger partial charge in [0.25, 0.3) is 0 Å². The first-order valence-electron chi connectivity index (χ1n) is 6.77. The van der Waals surface area contributed by atoms with Gasteiger partial charge in [-0.1, -0.05) is 5.10 Å². The molecule has 1 atom stereocenters. The minimum atomic E-state index is -0.268. The Morgan fingerprint density at radius 1 is 1.60 bits per heavy atom. The zero-order chi connectivity index (χ0) is 14.4. The van der Waals surface area contributed by atoms with Crippen LogP contribution in [0.25, 0.3) is 0 Å². The van der Waals surface area contributed by atoms with Gasteiger partial charge in [-0.3, -0.25) is 4.79 Å². The van der Waals surface area contributed by atoms with E-state index in [0.29, 0.717) is 31.6 Å². The van der Waals surface area contributed by atoms with E-state index in [1.807, 2.05) is 4.90 Å². The van der Waals surface area contributed by atoms with E-state index >= 15 is 0 Å². The van der Waals surface area contributed by atoms with E-state index in [-0.39, 0.29) is 11.8 Å². The zero-order valence-electron chi connectivity index (χ0n) is 11.7. The first kappa shape index (κ1) is 14.7. The predicted octanol–water partition coefficient (Wildman–Crippen LogP) is -0.493. The lowest BCUT2D eigenvalue weighted by Crippen LogP contribution is -2.41. The summed E-state index contributed by atoms with van der Waals surface area (Å²) in [4.78, 5) is 13.2. The van der Waals surface area contributed by atoms with Gasteiger partial charge in [0.1, 0.15) is 0 Å². The quantitative estimate of drug-likeness (QED) is 0.650. The Labute approximate surface area is 117 Å². The average Bonchev–Trinajstić information content (AvgIpc) is 2.92. The van der Waals surface area contributed by atoms with E-state index < -0.39 is 0 Å². The van der Waals surface area contributed by atoms with Crippen molar-refractivity contribution in [2.24, 2.45) is 11.7 Å². The highest BCUT2D eigenvalue weighted by molar-refractivity contribution is 5.77. The normalized spacial score (nSPS) is 19.2. The molecule has 0 radical (unpaired) electrons. The van der Waals surface area contributed by atoms with Crippen LogP contribution in [-0.2, 0) is 16.1 Å². The highest BCUT2D eigenvalue weighted by atomic mass is 16.5. The minimum absolute atomic E-state index is 0.140. The van der Waals surface area contributed by atoms with Crippen molar-refractivity contribution >= 4 is 11.9 Å². The van der Waals surface area contributed by atoms with Gasteiger partial charge in [-0.25, -0.2) is 0 Å². The Bertz CT molecular complexity index is 436. The fraction of sp³-hybridized carbons (Fsp3) is 0.750. The van der Waals surface area contributed by atoms with Gasteiger partial charge in [0.15, 0.2) is 0 Å². The Balaban J connectivity index is 1.86. The van der Waals surface area contributed by atoms with Crippen molar-refractivity contribution in [3.05, 3.63) is 5.89 Å². The summed E-state index contributed by atoms with van der Waals surface area (Å²) in [5, 5.41) is 11.1. The van der Waals surface area contributed by atoms with Gasteiger partial charge in [0, 0.05) is 26.7 Å². The van der Waals surface area contributed by atoms with Gasteiger partial charge >= 0.3 is 6.01 Å². The topological polar surface area (TPSA) is 107 Å². The number of carbonyl (C=O) groups excluding carboxylic acids is 1. The molecule has 20 heavy (non-hydrogen) atoms. The van der Waals surface area contributed by atoms with Crippen molar-refractivity contribution < 1.29 is 13.9 Å². The molecule has 0 aliphatic carbocycles. The number of ether oxygens (including phenoxy) is 1. The summed E-state index contributed by atoms with van der Waals surface area (Å²) in [6.45, 7) is 3.22. The fourth-order valence-electron chi connectivity index (χ4n) is 2.20. The number of piperidine rings is 1. The van der Waals surface area contributed by atoms with Crippen LogP contribution in [0.1, 0.15) is 18.7 Å². The number of nitrogens with two attached hydrogens (primary N) is 1. The second kappa shape index (κ2) is 7.20. The summed E-state index contributed by atoms with van der Waals surface area (Å²) in [6, 6.07) is 0.458. The molecular weight excluding hydrogens is 262 g/mol. The first-order chi connectivity index (χ1) is 9.70. The second-order valence-electron chi connectivity index (χ2n) is 4.84. The lowest BCUT2D eigenvalue weighted by Gasteiger charge is -2.29. The zero-order valence-corrected chi connectivity index (χ0v) is 11.7. The van der Waals surface area contributed by atoms with E-state index in [1.54, 1.807) is 7.11 Å². The Morgan fingerprint density at radius 3 is 3.20 bits per heavy atom. The number of amides is 1. The molecule has 1 aromatic rings. The van der Waals surface area contributed by atoms with Crippen molar-refractivity contribution in [3.63, 3.8) is 0 Å². The number of primary amides is 1. The van der Waals surface area contributed by atoms with E-state index in [2.05, 4.69) is 15.5 Å². The molecule has 1 aromatic heterocycles. The molecular formula is C12H21N5O3. The molecule has 0 aromatic carbocycles. The standard InChI is InChI=1S/C12H21N5O3/c1-19-6-4-14-7-10-15-16-12(20-10)17-5-2-3-9(8-17)11(13)18/h9,14H,2-8H2,1H3,(H2,13,18). The molecule has 2 heterocycles. The molecule has 1 aliphatic rings. The molecule has 1 amide bonds. The number of nitrogens with zero attached hydrogens (tertiary/aromatic N) is 3. The molecule has 0 saturated carbocycles. The highest BCUT2D eigenvalue weighted by Crippen LogP contribution is 2.21. The van der Waals surface area contributed by atoms with Gasteiger partial charge in [0.05, 0.1) is 19.1 Å². The number of aromatic nitrogens is 2. The second-order valence-corrected chi connectivity index (χ2v) is 4.84. The molecule has 8 heteroatoms. The Morgan fingerprint density at radius 2 is 2.45 bits per heavy atom. The van der Waals surface area contributed by atoms with E-state index in [4.69, 9.17) is 14.9 Å². The van der Waals surface area contributed by atoms with Crippen molar-refractivity contribution in [3.8, 4) is 0 Å². The SMILES string of the molecule is COCCNCc1nnc(N2CCCC(C(N)=O)C2)o1. The summed E-state index contributed by atoms with van der Waals surface area (Å²) in [5.74, 6) is 0.118. The van der Waals surface area contributed by atoms with Crippen LogP contribution >= 0.6 is 0 Å². The van der Waals surface area contributed by atoms with Gasteiger partial charge in [0.2, 0.25) is 11.8 Å². The molecule has 8 nitrogen and oxygen atoms in total. The summed E-state index contributed by atoms with van der Waals surface area (Å²) in [5.41, 5.74) is 5.35. The maximum atomic E-state index is 11.2. The van der Waals surface area contributed by atoms with Gasteiger partial charge < -0.3 is 25.1 Å². The molecule has 0 spiro atoms. The van der Waals surface area contributed by atoms with E-state index in [0.717, 1.165) is 25.9 Å². The highest BCUT2D eigenvalue weighted by Gasteiger charge is 2.26. The summed E-state index contributed by atoms with van der Waals surface area (Å²) in [7, 11) is 1.65. The van der Waals surface area contributed by atoms with Crippen molar-refractivity contribution in [2.75, 3.05) is 38.3 Å². The lowest BCUT2D eigenvalue weighted by molar-refractivity contribution is -0.122. The van der Waals surface area contributed by atoms with Crippen LogP contribution in [0.5, 0.6) is 0 Å². The fourth-order valence-corrected chi connectivity index (χ4v) is 2.20. The first-order valence-corrected chi connectivity index (χ1v) is 6.77. The van der Waals surface area contributed by atoms with E-state index in [9.17, 15) is 4.79 Å². The molecule has 3 N–H and O–H groups in total. The lowest BCUT2D eigenvalue weighted by atomic mass is 9.98. The Kier molecular flexibility index (Phi) is 5.31. The van der Waals surface area contributed by atoms with Crippen molar-refractivity contribution in [1.82, 2.24) is 15.5 Å². The smallest absolute Gasteiger partial charge is 0.318 e. The number of methoxy groups -OCH3 is 1. The number of hydrogen-bond donors (Lipinski definition) is 2. The summed E-state index contributed by atoms with van der Waals surface area (Å²) in [6.07, 6.45) is 1.73. The van der Waals surface area contributed by atoms with Crippen LogP contribution in [0.2, 0.25) is 0 Å². The molecule has 1 aliphatic heterocycles. The van der Waals surface area contributed by atoms with E-state index in [1.165, 1.54) is 0 Å². The minimum Gasteiger partial charge on any atom is -0.407 e. The van der Waals surface area contributed by atoms with Gasteiger partial charge in [-0.2, -0.15) is 0 Å².